The first kappa shape index (κ1) is 15.5. The molecule has 2 aromatic carbocycles. The number of hydrogen-bond donors (Lipinski definition) is 1. The Kier molecular flexibility index (Phi) is 4.96. The van der Waals surface area contributed by atoms with Gasteiger partial charge in [0.2, 0.25) is 0 Å². The maximum absolute atomic E-state index is 13.3. The van der Waals surface area contributed by atoms with Crippen molar-refractivity contribution in [1.82, 2.24) is 0 Å². The van der Waals surface area contributed by atoms with Gasteiger partial charge in [-0.1, -0.05) is 18.2 Å². The number of carboxylic acids is 1. The standard InChI is InChI=1S/C16H14BrFO3/c1-21-15-6-5-10(8-14(15)17)7-13(16(19)20)11-3-2-4-12(18)9-11/h2-6,8-9,13H,7H2,1H3,(H,19,20). The Balaban J connectivity index is 2.29. The normalized spacial score (nSPS) is 12.0. The van der Waals surface area contributed by atoms with Gasteiger partial charge in [-0.2, -0.15) is 0 Å². The molecule has 110 valence electrons. The lowest BCUT2D eigenvalue weighted by Gasteiger charge is -2.14. The van der Waals surface area contributed by atoms with E-state index in [9.17, 15) is 14.3 Å². The van der Waals surface area contributed by atoms with Crippen molar-refractivity contribution in [2.24, 2.45) is 0 Å². The Bertz CT molecular complexity index is 658. The van der Waals surface area contributed by atoms with Crippen LogP contribution in [0.5, 0.6) is 5.75 Å². The summed E-state index contributed by atoms with van der Waals surface area (Å²) >= 11 is 3.37. The molecule has 0 heterocycles. The van der Waals surface area contributed by atoms with E-state index in [1.807, 2.05) is 6.07 Å². The second kappa shape index (κ2) is 6.72. The lowest BCUT2D eigenvalue weighted by molar-refractivity contribution is -0.138. The van der Waals surface area contributed by atoms with Crippen LogP contribution >= 0.6 is 15.9 Å². The fourth-order valence-electron chi connectivity index (χ4n) is 2.14. The van der Waals surface area contributed by atoms with E-state index in [0.717, 1.165) is 10.0 Å². The summed E-state index contributed by atoms with van der Waals surface area (Å²) in [4.78, 5) is 11.5. The third-order valence-electron chi connectivity index (χ3n) is 3.21. The van der Waals surface area contributed by atoms with Crippen LogP contribution in [0.15, 0.2) is 46.9 Å². The van der Waals surface area contributed by atoms with Gasteiger partial charge in [0.1, 0.15) is 11.6 Å². The minimum absolute atomic E-state index is 0.279. The van der Waals surface area contributed by atoms with Crippen molar-refractivity contribution in [2.45, 2.75) is 12.3 Å². The van der Waals surface area contributed by atoms with Gasteiger partial charge in [-0.25, -0.2) is 4.39 Å². The third-order valence-corrected chi connectivity index (χ3v) is 3.82. The van der Waals surface area contributed by atoms with E-state index >= 15 is 0 Å². The highest BCUT2D eigenvalue weighted by molar-refractivity contribution is 9.10. The SMILES string of the molecule is COc1ccc(CC(C(=O)O)c2cccc(F)c2)cc1Br. The zero-order chi connectivity index (χ0) is 15.4. The number of rotatable bonds is 5. The van der Waals surface area contributed by atoms with Crippen molar-refractivity contribution in [3.63, 3.8) is 0 Å². The highest BCUT2D eigenvalue weighted by atomic mass is 79.9. The fraction of sp³-hybridized carbons (Fsp3) is 0.188. The van der Waals surface area contributed by atoms with Gasteiger partial charge >= 0.3 is 5.97 Å². The van der Waals surface area contributed by atoms with Crippen LogP contribution in [-0.4, -0.2) is 18.2 Å². The van der Waals surface area contributed by atoms with Gasteiger partial charge in [-0.15, -0.1) is 0 Å². The number of hydrogen-bond acceptors (Lipinski definition) is 2. The van der Waals surface area contributed by atoms with Gasteiger partial charge in [0.05, 0.1) is 17.5 Å². The summed E-state index contributed by atoms with van der Waals surface area (Å²) in [6, 6.07) is 11.1. The number of carbonyl (C=O) groups is 1. The second-order valence-corrected chi connectivity index (χ2v) is 5.47. The van der Waals surface area contributed by atoms with Crippen LogP contribution in [0.1, 0.15) is 17.0 Å². The van der Waals surface area contributed by atoms with Gasteiger partial charge in [-0.05, 0) is 57.7 Å². The minimum Gasteiger partial charge on any atom is -0.496 e. The molecular weight excluding hydrogens is 339 g/mol. The zero-order valence-electron chi connectivity index (χ0n) is 11.3. The monoisotopic (exact) mass is 352 g/mol. The second-order valence-electron chi connectivity index (χ2n) is 4.62. The maximum Gasteiger partial charge on any atom is 0.311 e. The van der Waals surface area contributed by atoms with E-state index in [-0.39, 0.29) is 6.42 Å². The van der Waals surface area contributed by atoms with E-state index in [2.05, 4.69) is 15.9 Å². The predicted molar refractivity (Wildman–Crippen MR) is 81.2 cm³/mol. The summed E-state index contributed by atoms with van der Waals surface area (Å²) < 4.78 is 19.2. The summed E-state index contributed by atoms with van der Waals surface area (Å²) in [5.41, 5.74) is 1.29. The van der Waals surface area contributed by atoms with Gasteiger partial charge in [-0.3, -0.25) is 4.79 Å². The molecule has 2 rings (SSSR count). The van der Waals surface area contributed by atoms with Crippen LogP contribution in [0.4, 0.5) is 4.39 Å². The molecule has 0 aliphatic rings. The number of methoxy groups -OCH3 is 1. The first-order valence-corrected chi connectivity index (χ1v) is 7.11. The molecule has 21 heavy (non-hydrogen) atoms. The Morgan fingerprint density at radius 2 is 2.10 bits per heavy atom. The quantitative estimate of drug-likeness (QED) is 0.884. The van der Waals surface area contributed by atoms with Crippen molar-refractivity contribution < 1.29 is 19.0 Å². The molecule has 5 heteroatoms. The van der Waals surface area contributed by atoms with E-state index < -0.39 is 17.7 Å². The van der Waals surface area contributed by atoms with Gasteiger partial charge < -0.3 is 9.84 Å². The lowest BCUT2D eigenvalue weighted by atomic mass is 9.92. The first-order valence-electron chi connectivity index (χ1n) is 6.32. The van der Waals surface area contributed by atoms with Gasteiger partial charge in [0.25, 0.3) is 0 Å². The number of halogens is 2. The molecule has 0 aliphatic carbocycles. The number of aliphatic carboxylic acids is 1. The van der Waals surface area contributed by atoms with Crippen LogP contribution in [0.25, 0.3) is 0 Å². The van der Waals surface area contributed by atoms with E-state index in [1.165, 1.54) is 18.2 Å². The average Bonchev–Trinajstić information content (AvgIpc) is 2.44. The molecule has 0 bridgehead atoms. The number of carboxylic acid groups (broad SMARTS) is 1. The molecule has 0 aliphatic heterocycles. The van der Waals surface area contributed by atoms with Gasteiger partial charge in [0, 0.05) is 0 Å². The zero-order valence-corrected chi connectivity index (χ0v) is 12.9. The first-order chi connectivity index (χ1) is 10.0. The molecule has 0 saturated carbocycles. The summed E-state index contributed by atoms with van der Waals surface area (Å²) in [6.45, 7) is 0. The Hall–Kier alpha value is -1.88. The number of benzene rings is 2. The van der Waals surface area contributed by atoms with Crippen LogP contribution in [0.2, 0.25) is 0 Å². The van der Waals surface area contributed by atoms with Crippen LogP contribution in [-0.2, 0) is 11.2 Å². The van der Waals surface area contributed by atoms with Crippen molar-refractivity contribution in [3.05, 3.63) is 63.9 Å². The summed E-state index contributed by atoms with van der Waals surface area (Å²) in [5.74, 6) is -1.53. The molecule has 1 N–H and O–H groups in total. The smallest absolute Gasteiger partial charge is 0.311 e. The van der Waals surface area contributed by atoms with E-state index in [4.69, 9.17) is 4.74 Å². The summed E-state index contributed by atoms with van der Waals surface area (Å²) in [5, 5.41) is 9.39. The highest BCUT2D eigenvalue weighted by Gasteiger charge is 2.21. The summed E-state index contributed by atoms with van der Waals surface area (Å²) in [6.07, 6.45) is 0.279. The molecular formula is C16H14BrFO3. The molecule has 1 atom stereocenters. The molecule has 0 spiro atoms. The van der Waals surface area contributed by atoms with Crippen molar-refractivity contribution in [1.29, 1.82) is 0 Å². The summed E-state index contributed by atoms with van der Waals surface area (Å²) in [7, 11) is 1.56. The van der Waals surface area contributed by atoms with E-state index in [0.29, 0.717) is 11.3 Å². The van der Waals surface area contributed by atoms with Gasteiger partial charge in [0.15, 0.2) is 0 Å². The predicted octanol–water partition coefficient (Wildman–Crippen LogP) is 4.01. The van der Waals surface area contributed by atoms with Crippen LogP contribution in [0, 0.1) is 5.82 Å². The van der Waals surface area contributed by atoms with E-state index in [1.54, 1.807) is 25.3 Å². The molecule has 0 amide bonds. The third kappa shape index (κ3) is 3.82. The highest BCUT2D eigenvalue weighted by Crippen LogP contribution is 2.29. The van der Waals surface area contributed by atoms with Crippen molar-refractivity contribution in [2.75, 3.05) is 7.11 Å². The molecule has 0 saturated heterocycles. The van der Waals surface area contributed by atoms with Crippen LogP contribution in [0.3, 0.4) is 0 Å². The minimum atomic E-state index is -0.979. The Labute approximate surface area is 130 Å². The largest absolute Gasteiger partial charge is 0.496 e. The van der Waals surface area contributed by atoms with Crippen LogP contribution < -0.4 is 4.74 Å². The van der Waals surface area contributed by atoms with Crippen molar-refractivity contribution >= 4 is 21.9 Å². The molecule has 1 unspecified atom stereocenters. The Morgan fingerprint density at radius 1 is 1.33 bits per heavy atom. The fourth-order valence-corrected chi connectivity index (χ4v) is 2.73. The molecule has 0 radical (unpaired) electrons. The molecule has 2 aromatic rings. The molecule has 3 nitrogen and oxygen atoms in total. The topological polar surface area (TPSA) is 46.5 Å². The van der Waals surface area contributed by atoms with Crippen molar-refractivity contribution in [3.8, 4) is 5.75 Å². The molecule has 0 fully saturated rings. The average molecular weight is 353 g/mol. The number of ether oxygens (including phenoxy) is 1. The lowest BCUT2D eigenvalue weighted by Crippen LogP contribution is -2.14. The Morgan fingerprint density at radius 3 is 2.67 bits per heavy atom. The molecule has 0 aromatic heterocycles. The maximum atomic E-state index is 13.3.